The molecule has 0 saturated heterocycles. The van der Waals surface area contributed by atoms with Gasteiger partial charge < -0.3 is 10.6 Å². The molecule has 0 atom stereocenters. The van der Waals surface area contributed by atoms with Crippen LogP contribution in [-0.4, -0.2) is 27.8 Å². The molecule has 7 heteroatoms. The molecule has 2 aromatic heterocycles. The van der Waals surface area contributed by atoms with Crippen LogP contribution in [0.25, 0.3) is 0 Å². The Bertz CT molecular complexity index is 564. The van der Waals surface area contributed by atoms with Crippen molar-refractivity contribution in [2.45, 2.75) is 26.4 Å². The Kier molecular flexibility index (Phi) is 4.62. The van der Waals surface area contributed by atoms with Gasteiger partial charge in [0.1, 0.15) is 15.7 Å². The van der Waals surface area contributed by atoms with E-state index in [0.29, 0.717) is 18.8 Å². The van der Waals surface area contributed by atoms with Crippen LogP contribution in [0.5, 0.6) is 0 Å². The summed E-state index contributed by atoms with van der Waals surface area (Å²) in [6.45, 7) is 2.97. The second kappa shape index (κ2) is 6.23. The Balaban J connectivity index is 2.02. The molecule has 0 radical (unpaired) electrons. The Morgan fingerprint density at radius 3 is 2.84 bits per heavy atom. The van der Waals surface area contributed by atoms with Gasteiger partial charge in [-0.2, -0.15) is 0 Å². The summed E-state index contributed by atoms with van der Waals surface area (Å²) >= 11 is 3.05. The summed E-state index contributed by atoms with van der Waals surface area (Å²) in [5.41, 5.74) is 5.95. The summed E-state index contributed by atoms with van der Waals surface area (Å²) < 4.78 is 0. The van der Waals surface area contributed by atoms with Crippen LogP contribution in [0.2, 0.25) is 0 Å². The first-order chi connectivity index (χ1) is 9.13. The zero-order valence-corrected chi connectivity index (χ0v) is 12.6. The molecular formula is C12H16N4OS2. The SMILES string of the molecule is CCc1cnc(CN(C)C(=O)c2csc(CN)n2)s1. The number of aryl methyl sites for hydroxylation is 1. The van der Waals surface area contributed by atoms with Crippen molar-refractivity contribution in [3.63, 3.8) is 0 Å². The summed E-state index contributed by atoms with van der Waals surface area (Å²) in [6.07, 6.45) is 2.84. The molecule has 102 valence electrons. The molecule has 0 aliphatic carbocycles. The van der Waals surface area contributed by atoms with Gasteiger partial charge >= 0.3 is 0 Å². The van der Waals surface area contributed by atoms with Crippen LogP contribution in [0.1, 0.15) is 32.3 Å². The van der Waals surface area contributed by atoms with Gasteiger partial charge in [-0.15, -0.1) is 22.7 Å². The van der Waals surface area contributed by atoms with Gasteiger partial charge in [-0.05, 0) is 6.42 Å². The lowest BCUT2D eigenvalue weighted by molar-refractivity contribution is 0.0780. The quantitative estimate of drug-likeness (QED) is 0.914. The minimum Gasteiger partial charge on any atom is -0.334 e. The van der Waals surface area contributed by atoms with Crippen molar-refractivity contribution in [2.75, 3.05) is 7.05 Å². The molecule has 0 aromatic carbocycles. The van der Waals surface area contributed by atoms with Crippen LogP contribution in [0.3, 0.4) is 0 Å². The van der Waals surface area contributed by atoms with Crippen molar-refractivity contribution < 1.29 is 4.79 Å². The number of rotatable bonds is 5. The van der Waals surface area contributed by atoms with Gasteiger partial charge in [0.25, 0.3) is 5.91 Å². The van der Waals surface area contributed by atoms with Crippen molar-refractivity contribution in [1.82, 2.24) is 14.9 Å². The predicted octanol–water partition coefficient (Wildman–Crippen LogP) is 1.89. The molecule has 0 aliphatic rings. The van der Waals surface area contributed by atoms with Crippen LogP contribution in [0.4, 0.5) is 0 Å². The van der Waals surface area contributed by atoms with Gasteiger partial charge in [0.15, 0.2) is 0 Å². The lowest BCUT2D eigenvalue weighted by atomic mass is 10.4. The van der Waals surface area contributed by atoms with E-state index in [1.54, 1.807) is 28.7 Å². The average Bonchev–Trinajstić information content (AvgIpc) is 3.06. The fourth-order valence-corrected chi connectivity index (χ4v) is 3.12. The minimum absolute atomic E-state index is 0.0933. The van der Waals surface area contributed by atoms with Gasteiger partial charge in [0.05, 0.1) is 6.54 Å². The molecule has 0 saturated carbocycles. The fraction of sp³-hybridized carbons (Fsp3) is 0.417. The fourth-order valence-electron chi connectivity index (χ4n) is 1.56. The number of thiazole rings is 2. The summed E-state index contributed by atoms with van der Waals surface area (Å²) in [5, 5.41) is 3.47. The lowest BCUT2D eigenvalue weighted by Crippen LogP contribution is -2.26. The number of carbonyl (C=O) groups excluding carboxylic acids is 1. The number of carbonyl (C=O) groups is 1. The van der Waals surface area contributed by atoms with E-state index in [2.05, 4.69) is 16.9 Å². The Morgan fingerprint density at radius 2 is 2.26 bits per heavy atom. The molecule has 2 heterocycles. The van der Waals surface area contributed by atoms with Gasteiger partial charge in [-0.25, -0.2) is 9.97 Å². The second-order valence-corrected chi connectivity index (χ2v) is 6.21. The maximum absolute atomic E-state index is 12.2. The highest BCUT2D eigenvalue weighted by molar-refractivity contribution is 7.11. The van der Waals surface area contributed by atoms with Crippen LogP contribution >= 0.6 is 22.7 Å². The minimum atomic E-state index is -0.0933. The van der Waals surface area contributed by atoms with E-state index in [4.69, 9.17) is 5.73 Å². The maximum atomic E-state index is 12.2. The third kappa shape index (κ3) is 3.37. The molecule has 2 rings (SSSR count). The standard InChI is InChI=1S/C12H16N4OS2/c1-3-8-5-14-11(19-8)6-16(2)12(17)9-7-18-10(4-13)15-9/h5,7H,3-4,6,13H2,1-2H3. The molecule has 2 N–H and O–H groups in total. The number of aromatic nitrogens is 2. The first-order valence-electron chi connectivity index (χ1n) is 5.97. The highest BCUT2D eigenvalue weighted by Crippen LogP contribution is 2.16. The average molecular weight is 296 g/mol. The Morgan fingerprint density at radius 1 is 1.47 bits per heavy atom. The predicted molar refractivity (Wildman–Crippen MR) is 77.3 cm³/mol. The third-order valence-electron chi connectivity index (χ3n) is 2.61. The van der Waals surface area contributed by atoms with Crippen molar-refractivity contribution >= 4 is 28.6 Å². The van der Waals surface area contributed by atoms with E-state index in [1.807, 2.05) is 6.20 Å². The van der Waals surface area contributed by atoms with Crippen LogP contribution in [0, 0.1) is 0 Å². The Labute approximate surface area is 120 Å². The molecule has 0 spiro atoms. The van der Waals surface area contributed by atoms with E-state index < -0.39 is 0 Å². The summed E-state index contributed by atoms with van der Waals surface area (Å²) in [7, 11) is 1.76. The molecule has 0 unspecified atom stereocenters. The zero-order valence-electron chi connectivity index (χ0n) is 10.9. The number of hydrogen-bond acceptors (Lipinski definition) is 6. The summed E-state index contributed by atoms with van der Waals surface area (Å²) in [4.78, 5) is 23.5. The molecule has 19 heavy (non-hydrogen) atoms. The van der Waals surface area contributed by atoms with Crippen LogP contribution in [0.15, 0.2) is 11.6 Å². The molecule has 0 fully saturated rings. The number of amides is 1. The highest BCUT2D eigenvalue weighted by atomic mass is 32.1. The van der Waals surface area contributed by atoms with Gasteiger partial charge in [-0.1, -0.05) is 6.92 Å². The maximum Gasteiger partial charge on any atom is 0.273 e. The third-order valence-corrected chi connectivity index (χ3v) is 4.61. The topological polar surface area (TPSA) is 72.1 Å². The molecule has 0 aliphatic heterocycles. The van der Waals surface area contributed by atoms with E-state index in [9.17, 15) is 4.79 Å². The normalized spacial score (nSPS) is 10.7. The Hall–Kier alpha value is -1.31. The van der Waals surface area contributed by atoms with Crippen molar-refractivity contribution in [3.8, 4) is 0 Å². The van der Waals surface area contributed by atoms with Gasteiger partial charge in [0.2, 0.25) is 0 Å². The molecule has 5 nitrogen and oxygen atoms in total. The first kappa shape index (κ1) is 14.1. The van der Waals surface area contributed by atoms with Crippen molar-refractivity contribution in [2.24, 2.45) is 5.73 Å². The summed E-state index contributed by atoms with van der Waals surface area (Å²) in [5.74, 6) is -0.0933. The number of nitrogens with zero attached hydrogens (tertiary/aromatic N) is 3. The van der Waals surface area contributed by atoms with Crippen LogP contribution < -0.4 is 5.73 Å². The largest absolute Gasteiger partial charge is 0.334 e. The smallest absolute Gasteiger partial charge is 0.273 e. The van der Waals surface area contributed by atoms with Crippen molar-refractivity contribution in [3.05, 3.63) is 32.2 Å². The van der Waals surface area contributed by atoms with Gasteiger partial charge in [-0.3, -0.25) is 4.79 Å². The van der Waals surface area contributed by atoms with E-state index >= 15 is 0 Å². The lowest BCUT2D eigenvalue weighted by Gasteiger charge is -2.13. The molecule has 1 amide bonds. The molecule has 2 aromatic rings. The second-order valence-electron chi connectivity index (χ2n) is 4.07. The van der Waals surface area contributed by atoms with E-state index in [-0.39, 0.29) is 5.91 Å². The molecular weight excluding hydrogens is 280 g/mol. The van der Waals surface area contributed by atoms with Gasteiger partial charge in [0, 0.05) is 30.0 Å². The number of nitrogens with two attached hydrogens (primary N) is 1. The van der Waals surface area contributed by atoms with E-state index in [1.165, 1.54) is 16.2 Å². The monoisotopic (exact) mass is 296 g/mol. The summed E-state index contributed by atoms with van der Waals surface area (Å²) in [6, 6.07) is 0. The highest BCUT2D eigenvalue weighted by Gasteiger charge is 2.16. The number of hydrogen-bond donors (Lipinski definition) is 1. The van der Waals surface area contributed by atoms with Crippen molar-refractivity contribution in [1.29, 1.82) is 0 Å². The van der Waals surface area contributed by atoms with Crippen LogP contribution in [-0.2, 0) is 19.5 Å². The zero-order chi connectivity index (χ0) is 13.8. The van der Waals surface area contributed by atoms with E-state index in [0.717, 1.165) is 16.4 Å². The molecule has 0 bridgehead atoms. The first-order valence-corrected chi connectivity index (χ1v) is 7.67.